The Kier molecular flexibility index (Phi) is 3.15. The van der Waals surface area contributed by atoms with Crippen molar-refractivity contribution in [3.63, 3.8) is 0 Å². The molecule has 1 aliphatic heterocycles. The fraction of sp³-hybridized carbons (Fsp3) is 0.286. The molecule has 2 nitrogen and oxygen atoms in total. The van der Waals surface area contributed by atoms with E-state index >= 15 is 0 Å². The van der Waals surface area contributed by atoms with Gasteiger partial charge in [-0.05, 0) is 36.8 Å². The lowest BCUT2D eigenvalue weighted by Crippen LogP contribution is -2.63. The van der Waals surface area contributed by atoms with Crippen LogP contribution in [0.5, 0.6) is 0 Å². The summed E-state index contributed by atoms with van der Waals surface area (Å²) in [6.07, 6.45) is 2.09. The molecule has 4 rings (SSSR count). The number of nitrogens with zero attached hydrogens (tertiary/aromatic N) is 1. The van der Waals surface area contributed by atoms with Gasteiger partial charge in [0.15, 0.2) is 0 Å². The number of rotatable bonds is 2. The van der Waals surface area contributed by atoms with Crippen molar-refractivity contribution in [2.24, 2.45) is 0 Å². The van der Waals surface area contributed by atoms with Gasteiger partial charge in [0.25, 0.3) is 0 Å². The van der Waals surface area contributed by atoms with Crippen LogP contribution in [0, 0.1) is 6.92 Å². The van der Waals surface area contributed by atoms with Crippen molar-refractivity contribution in [1.29, 1.82) is 0 Å². The van der Waals surface area contributed by atoms with Gasteiger partial charge in [0.1, 0.15) is 0 Å². The molecule has 116 valence electrons. The van der Waals surface area contributed by atoms with Gasteiger partial charge in [-0.15, -0.1) is 0 Å². The van der Waals surface area contributed by atoms with E-state index in [9.17, 15) is 0 Å². The van der Waals surface area contributed by atoms with Crippen molar-refractivity contribution in [2.45, 2.75) is 39.3 Å². The van der Waals surface area contributed by atoms with Crippen molar-refractivity contribution in [3.8, 4) is 11.3 Å². The Balaban J connectivity index is 2.16. The lowest BCUT2D eigenvalue weighted by molar-refractivity contribution is -0.727. The van der Waals surface area contributed by atoms with Crippen molar-refractivity contribution >= 4 is 16.6 Å². The second-order valence-electron chi connectivity index (χ2n) is 6.53. The fourth-order valence-corrected chi connectivity index (χ4v) is 3.90. The monoisotopic (exact) mass is 303 g/mol. The third-order valence-electron chi connectivity index (χ3n) is 5.26. The van der Waals surface area contributed by atoms with Gasteiger partial charge >= 0.3 is 0 Å². The Morgan fingerprint density at radius 2 is 1.70 bits per heavy atom. The van der Waals surface area contributed by atoms with Crippen molar-refractivity contribution < 1.29 is 4.57 Å². The topological polar surface area (TPSA) is 15.9 Å². The van der Waals surface area contributed by atoms with Crippen LogP contribution >= 0.6 is 0 Å². The summed E-state index contributed by atoms with van der Waals surface area (Å²) < 4.78 is 2.53. The normalized spacial score (nSPS) is 14.9. The minimum absolute atomic E-state index is 0.0724. The number of aromatic nitrogens is 1. The molecule has 1 N–H and O–H groups in total. The first-order chi connectivity index (χ1) is 11.2. The van der Waals surface area contributed by atoms with E-state index < -0.39 is 0 Å². The van der Waals surface area contributed by atoms with Crippen LogP contribution < -0.4 is 9.88 Å². The van der Waals surface area contributed by atoms with E-state index in [0.29, 0.717) is 0 Å². The number of anilines is 1. The molecule has 0 radical (unpaired) electrons. The molecule has 0 amide bonds. The van der Waals surface area contributed by atoms with E-state index in [-0.39, 0.29) is 5.66 Å². The predicted molar refractivity (Wildman–Crippen MR) is 96.5 cm³/mol. The van der Waals surface area contributed by atoms with Crippen LogP contribution in [0.2, 0.25) is 0 Å². The molecular formula is C21H23N2+. The van der Waals surface area contributed by atoms with E-state index in [2.05, 4.69) is 85.3 Å². The molecule has 0 spiro atoms. The maximum Gasteiger partial charge on any atom is 0.241 e. The summed E-state index contributed by atoms with van der Waals surface area (Å²) in [6, 6.07) is 19.9. The SMILES string of the molecule is CCC1(CC)Nc2ccccc2-c2ccc3ccc(C)cc3[n+]21. The van der Waals surface area contributed by atoms with Gasteiger partial charge in [0.05, 0.1) is 11.3 Å². The number of aryl methyl sites for hydroxylation is 1. The molecule has 0 atom stereocenters. The van der Waals surface area contributed by atoms with Crippen LogP contribution in [0.25, 0.3) is 22.2 Å². The molecule has 1 aliphatic rings. The summed E-state index contributed by atoms with van der Waals surface area (Å²) in [5.41, 5.74) is 6.38. The number of para-hydroxylation sites is 1. The lowest BCUT2D eigenvalue weighted by atomic mass is 9.93. The predicted octanol–water partition coefficient (Wildman–Crippen LogP) is 5.00. The van der Waals surface area contributed by atoms with Crippen molar-refractivity contribution in [3.05, 3.63) is 60.2 Å². The first-order valence-electron chi connectivity index (χ1n) is 8.52. The highest BCUT2D eigenvalue weighted by molar-refractivity contribution is 5.82. The van der Waals surface area contributed by atoms with E-state index in [1.54, 1.807) is 0 Å². The Morgan fingerprint density at radius 3 is 2.48 bits per heavy atom. The summed E-state index contributed by atoms with van der Waals surface area (Å²) in [6.45, 7) is 6.72. The summed E-state index contributed by atoms with van der Waals surface area (Å²) in [7, 11) is 0. The van der Waals surface area contributed by atoms with E-state index in [4.69, 9.17) is 0 Å². The zero-order valence-electron chi connectivity index (χ0n) is 14.1. The minimum atomic E-state index is -0.0724. The van der Waals surface area contributed by atoms with Crippen molar-refractivity contribution in [2.75, 3.05) is 5.32 Å². The second kappa shape index (κ2) is 5.09. The van der Waals surface area contributed by atoms with Crippen LogP contribution in [-0.4, -0.2) is 0 Å². The highest BCUT2D eigenvalue weighted by Crippen LogP contribution is 2.37. The zero-order chi connectivity index (χ0) is 16.0. The first-order valence-corrected chi connectivity index (χ1v) is 8.52. The molecule has 0 unspecified atom stereocenters. The molecule has 2 heterocycles. The maximum absolute atomic E-state index is 3.84. The van der Waals surface area contributed by atoms with E-state index in [1.807, 2.05) is 0 Å². The summed E-state index contributed by atoms with van der Waals surface area (Å²) in [5, 5.41) is 5.14. The first kappa shape index (κ1) is 14.3. The standard InChI is InChI=1S/C21H22N2/c1-4-21(5-2)22-18-9-7-6-8-17(18)19-13-12-16-11-10-15(3)14-20(16)23(19)21/h6-14H,4-5H2,1-3H3/p+1. The molecule has 0 saturated heterocycles. The van der Waals surface area contributed by atoms with Crippen LogP contribution in [0.15, 0.2) is 54.6 Å². The quantitative estimate of drug-likeness (QED) is 0.659. The van der Waals surface area contributed by atoms with E-state index in [1.165, 1.54) is 33.4 Å². The Labute approximate surface area is 137 Å². The molecule has 2 aromatic carbocycles. The number of pyridine rings is 1. The fourth-order valence-electron chi connectivity index (χ4n) is 3.90. The number of hydrogen-bond acceptors (Lipinski definition) is 1. The molecule has 0 saturated carbocycles. The van der Waals surface area contributed by atoms with Gasteiger partial charge in [-0.3, -0.25) is 0 Å². The van der Waals surface area contributed by atoms with Crippen LogP contribution in [0.4, 0.5) is 5.69 Å². The molecule has 3 aromatic rings. The molecule has 23 heavy (non-hydrogen) atoms. The average Bonchev–Trinajstić information content (AvgIpc) is 2.60. The van der Waals surface area contributed by atoms with Gasteiger partial charge in [-0.2, -0.15) is 4.57 Å². The highest BCUT2D eigenvalue weighted by Gasteiger charge is 2.44. The summed E-state index contributed by atoms with van der Waals surface area (Å²) >= 11 is 0. The number of hydrogen-bond donors (Lipinski definition) is 1. The molecule has 0 bridgehead atoms. The molecule has 1 aromatic heterocycles. The third kappa shape index (κ3) is 1.98. The van der Waals surface area contributed by atoms with Crippen LogP contribution in [-0.2, 0) is 5.66 Å². The minimum Gasteiger partial charge on any atom is -0.325 e. The zero-order valence-corrected chi connectivity index (χ0v) is 14.1. The van der Waals surface area contributed by atoms with Gasteiger partial charge in [0, 0.05) is 30.4 Å². The second-order valence-corrected chi connectivity index (χ2v) is 6.53. The average molecular weight is 303 g/mol. The number of nitrogens with one attached hydrogen (secondary N) is 1. The Morgan fingerprint density at radius 1 is 0.957 bits per heavy atom. The molecule has 0 aliphatic carbocycles. The molecular weight excluding hydrogens is 280 g/mol. The number of fused-ring (bicyclic) bond motifs is 5. The highest BCUT2D eigenvalue weighted by atomic mass is 15.3. The van der Waals surface area contributed by atoms with Gasteiger partial charge in [0.2, 0.25) is 16.9 Å². The van der Waals surface area contributed by atoms with Crippen LogP contribution in [0.3, 0.4) is 0 Å². The maximum atomic E-state index is 3.84. The third-order valence-corrected chi connectivity index (χ3v) is 5.26. The van der Waals surface area contributed by atoms with Gasteiger partial charge in [-0.25, -0.2) is 0 Å². The largest absolute Gasteiger partial charge is 0.325 e. The molecule has 0 fully saturated rings. The van der Waals surface area contributed by atoms with E-state index in [0.717, 1.165) is 12.8 Å². The lowest BCUT2D eigenvalue weighted by Gasteiger charge is -2.35. The van der Waals surface area contributed by atoms with Crippen LogP contribution in [0.1, 0.15) is 32.3 Å². The number of benzene rings is 2. The van der Waals surface area contributed by atoms with Gasteiger partial charge < -0.3 is 5.32 Å². The Hall–Kier alpha value is -2.35. The van der Waals surface area contributed by atoms with Gasteiger partial charge in [-0.1, -0.05) is 32.0 Å². The molecule has 2 heteroatoms. The smallest absolute Gasteiger partial charge is 0.241 e. The summed E-state index contributed by atoms with van der Waals surface area (Å²) in [4.78, 5) is 0. The van der Waals surface area contributed by atoms with Crippen molar-refractivity contribution in [1.82, 2.24) is 0 Å². The summed E-state index contributed by atoms with van der Waals surface area (Å²) in [5.74, 6) is 0. The Bertz CT molecular complexity index is 891.